The van der Waals surface area contributed by atoms with Gasteiger partial charge in [0, 0.05) is 6.04 Å². The molecule has 1 atom stereocenters. The van der Waals surface area contributed by atoms with Crippen molar-refractivity contribution >= 4 is 5.91 Å². The third kappa shape index (κ3) is 3.57. The fourth-order valence-electron chi connectivity index (χ4n) is 2.79. The molecule has 0 heterocycles. The van der Waals surface area contributed by atoms with E-state index in [2.05, 4.69) is 31.3 Å². The van der Waals surface area contributed by atoms with E-state index >= 15 is 0 Å². The molecule has 3 nitrogen and oxygen atoms in total. The van der Waals surface area contributed by atoms with Crippen LogP contribution in [0.5, 0.6) is 0 Å². The van der Waals surface area contributed by atoms with Crippen molar-refractivity contribution in [3.63, 3.8) is 0 Å². The minimum absolute atomic E-state index is 0.283. The molecule has 0 radical (unpaired) electrons. The molecule has 1 aliphatic carbocycles. The molecule has 1 fully saturated rings. The highest BCUT2D eigenvalue weighted by Crippen LogP contribution is 2.22. The zero-order valence-corrected chi connectivity index (χ0v) is 11.9. The van der Waals surface area contributed by atoms with Crippen molar-refractivity contribution in [2.45, 2.75) is 58.0 Å². The van der Waals surface area contributed by atoms with Gasteiger partial charge in [-0.2, -0.15) is 0 Å². The third-order valence-electron chi connectivity index (χ3n) is 4.16. The van der Waals surface area contributed by atoms with Crippen LogP contribution >= 0.6 is 0 Å². The van der Waals surface area contributed by atoms with E-state index in [0.717, 1.165) is 18.4 Å². The molecule has 1 saturated carbocycles. The Bertz CT molecular complexity index is 450. The van der Waals surface area contributed by atoms with E-state index in [9.17, 15) is 4.79 Å². The summed E-state index contributed by atoms with van der Waals surface area (Å²) < 4.78 is 0. The Kier molecular flexibility index (Phi) is 4.59. The van der Waals surface area contributed by atoms with Gasteiger partial charge >= 0.3 is 0 Å². The molecule has 0 saturated heterocycles. The van der Waals surface area contributed by atoms with E-state index in [1.54, 1.807) is 0 Å². The van der Waals surface area contributed by atoms with Gasteiger partial charge in [-0.15, -0.1) is 0 Å². The second-order valence-corrected chi connectivity index (χ2v) is 5.68. The molecule has 2 rings (SSSR count). The van der Waals surface area contributed by atoms with Crippen LogP contribution in [0.4, 0.5) is 0 Å². The zero-order valence-electron chi connectivity index (χ0n) is 11.9. The number of hydrogen-bond acceptors (Lipinski definition) is 2. The van der Waals surface area contributed by atoms with Gasteiger partial charge in [-0.05, 0) is 43.4 Å². The van der Waals surface area contributed by atoms with E-state index in [-0.39, 0.29) is 11.9 Å². The number of primary amides is 1. The van der Waals surface area contributed by atoms with Crippen LogP contribution in [0.1, 0.15) is 54.8 Å². The van der Waals surface area contributed by atoms with Gasteiger partial charge in [0.2, 0.25) is 5.91 Å². The van der Waals surface area contributed by atoms with Crippen molar-refractivity contribution in [3.8, 4) is 0 Å². The van der Waals surface area contributed by atoms with Gasteiger partial charge < -0.3 is 5.73 Å². The lowest BCUT2D eigenvalue weighted by atomic mass is 9.93. The summed E-state index contributed by atoms with van der Waals surface area (Å²) in [6, 6.07) is 6.20. The van der Waals surface area contributed by atoms with E-state index in [0.29, 0.717) is 6.04 Å². The summed E-state index contributed by atoms with van der Waals surface area (Å²) >= 11 is 0. The van der Waals surface area contributed by atoms with Crippen molar-refractivity contribution in [2.75, 3.05) is 0 Å². The highest BCUT2D eigenvalue weighted by Gasteiger charge is 2.23. The minimum Gasteiger partial charge on any atom is -0.368 e. The van der Waals surface area contributed by atoms with Crippen LogP contribution in [-0.2, 0) is 4.79 Å². The van der Waals surface area contributed by atoms with Gasteiger partial charge in [-0.1, -0.05) is 37.5 Å². The van der Waals surface area contributed by atoms with Crippen LogP contribution in [0.15, 0.2) is 18.2 Å². The second-order valence-electron chi connectivity index (χ2n) is 5.68. The topological polar surface area (TPSA) is 55.1 Å². The highest BCUT2D eigenvalue weighted by atomic mass is 16.1. The number of rotatable bonds is 4. The average Bonchev–Trinajstić information content (AvgIpc) is 2.40. The van der Waals surface area contributed by atoms with E-state index in [1.165, 1.54) is 30.4 Å². The normalized spacial score (nSPS) is 18.2. The highest BCUT2D eigenvalue weighted by molar-refractivity contribution is 5.81. The maximum absolute atomic E-state index is 11.7. The summed E-state index contributed by atoms with van der Waals surface area (Å²) in [6.45, 7) is 4.14. The standard InChI is InChI=1S/C16H24N2O/c1-11-8-9-13(10-12(11)2)15(16(17)19)18-14-6-4-3-5-7-14/h8-10,14-15,18H,3-7H2,1-2H3,(H2,17,19). The Balaban J connectivity index is 2.14. The number of benzene rings is 1. The summed E-state index contributed by atoms with van der Waals surface area (Å²) in [4.78, 5) is 11.7. The number of nitrogens with one attached hydrogen (secondary N) is 1. The first-order chi connectivity index (χ1) is 9.08. The minimum atomic E-state index is -0.359. The van der Waals surface area contributed by atoms with E-state index in [4.69, 9.17) is 5.73 Å². The summed E-state index contributed by atoms with van der Waals surface area (Å²) in [5.74, 6) is -0.283. The van der Waals surface area contributed by atoms with Crippen molar-refractivity contribution in [2.24, 2.45) is 5.73 Å². The van der Waals surface area contributed by atoms with Gasteiger partial charge in [0.1, 0.15) is 6.04 Å². The molecule has 104 valence electrons. The molecular formula is C16H24N2O. The van der Waals surface area contributed by atoms with Crippen LogP contribution in [0.3, 0.4) is 0 Å². The average molecular weight is 260 g/mol. The first-order valence-electron chi connectivity index (χ1n) is 7.20. The van der Waals surface area contributed by atoms with E-state index < -0.39 is 0 Å². The quantitative estimate of drug-likeness (QED) is 0.874. The first kappa shape index (κ1) is 14.1. The van der Waals surface area contributed by atoms with Gasteiger partial charge in [0.05, 0.1) is 0 Å². The molecule has 0 bridgehead atoms. The van der Waals surface area contributed by atoms with Gasteiger partial charge in [-0.3, -0.25) is 10.1 Å². The van der Waals surface area contributed by atoms with Crippen molar-refractivity contribution in [1.82, 2.24) is 5.32 Å². The maximum atomic E-state index is 11.7. The molecule has 0 aromatic heterocycles. The smallest absolute Gasteiger partial charge is 0.239 e. The Hall–Kier alpha value is -1.35. The van der Waals surface area contributed by atoms with E-state index in [1.807, 2.05) is 6.07 Å². The van der Waals surface area contributed by atoms with Crippen LogP contribution in [-0.4, -0.2) is 11.9 Å². The number of hydrogen-bond donors (Lipinski definition) is 2. The van der Waals surface area contributed by atoms with Crippen LogP contribution < -0.4 is 11.1 Å². The third-order valence-corrected chi connectivity index (χ3v) is 4.16. The van der Waals surface area contributed by atoms with Gasteiger partial charge in [0.15, 0.2) is 0 Å². The molecule has 0 spiro atoms. The number of amides is 1. The number of aryl methyl sites for hydroxylation is 2. The lowest BCUT2D eigenvalue weighted by Gasteiger charge is -2.27. The van der Waals surface area contributed by atoms with Gasteiger partial charge in [0.25, 0.3) is 0 Å². The van der Waals surface area contributed by atoms with Crippen LogP contribution in [0, 0.1) is 13.8 Å². The second kappa shape index (κ2) is 6.20. The Morgan fingerprint density at radius 2 is 1.89 bits per heavy atom. The zero-order chi connectivity index (χ0) is 13.8. The largest absolute Gasteiger partial charge is 0.368 e. The molecule has 3 N–H and O–H groups in total. The summed E-state index contributed by atoms with van der Waals surface area (Å²) in [6.07, 6.45) is 6.10. The first-order valence-corrected chi connectivity index (χ1v) is 7.20. The number of carbonyl (C=O) groups excluding carboxylic acids is 1. The monoisotopic (exact) mass is 260 g/mol. The summed E-state index contributed by atoms with van der Waals surface area (Å²) in [7, 11) is 0. The molecular weight excluding hydrogens is 236 g/mol. The predicted octanol–water partition coefficient (Wildman–Crippen LogP) is 2.75. The summed E-state index contributed by atoms with van der Waals surface area (Å²) in [5.41, 5.74) is 9.00. The Labute approximate surface area is 115 Å². The number of carbonyl (C=O) groups is 1. The lowest BCUT2D eigenvalue weighted by molar-refractivity contribution is -0.120. The molecule has 1 unspecified atom stereocenters. The number of nitrogens with two attached hydrogens (primary N) is 1. The fraction of sp³-hybridized carbons (Fsp3) is 0.562. The van der Waals surface area contributed by atoms with Crippen molar-refractivity contribution in [1.29, 1.82) is 0 Å². The fourth-order valence-corrected chi connectivity index (χ4v) is 2.79. The molecule has 1 aromatic carbocycles. The molecule has 1 aliphatic rings. The molecule has 1 amide bonds. The summed E-state index contributed by atoms with van der Waals surface area (Å²) in [5, 5.41) is 3.44. The molecule has 0 aliphatic heterocycles. The Morgan fingerprint density at radius 3 is 2.47 bits per heavy atom. The van der Waals surface area contributed by atoms with Gasteiger partial charge in [-0.25, -0.2) is 0 Å². The van der Waals surface area contributed by atoms with Crippen LogP contribution in [0.25, 0.3) is 0 Å². The molecule has 3 heteroatoms. The lowest BCUT2D eigenvalue weighted by Crippen LogP contribution is -2.41. The Morgan fingerprint density at radius 1 is 1.21 bits per heavy atom. The predicted molar refractivity (Wildman–Crippen MR) is 77.9 cm³/mol. The SMILES string of the molecule is Cc1ccc(C(NC2CCCCC2)C(N)=O)cc1C. The van der Waals surface area contributed by atoms with Crippen molar-refractivity contribution < 1.29 is 4.79 Å². The van der Waals surface area contributed by atoms with Crippen LogP contribution in [0.2, 0.25) is 0 Å². The molecule has 1 aromatic rings. The molecule has 19 heavy (non-hydrogen) atoms. The van der Waals surface area contributed by atoms with Crippen molar-refractivity contribution in [3.05, 3.63) is 34.9 Å². The maximum Gasteiger partial charge on any atom is 0.239 e.